The molecule has 0 N–H and O–H groups in total. The molecule has 1 aromatic heterocycles. The first kappa shape index (κ1) is 20.4. The molecule has 0 aliphatic carbocycles. The molecule has 3 rings (SSSR count). The van der Waals surface area contributed by atoms with Crippen molar-refractivity contribution in [2.24, 2.45) is 0 Å². The summed E-state index contributed by atoms with van der Waals surface area (Å²) in [6.07, 6.45) is 0. The van der Waals surface area contributed by atoms with Gasteiger partial charge in [0.05, 0.1) is 16.2 Å². The highest BCUT2D eigenvalue weighted by Gasteiger charge is 2.10. The summed E-state index contributed by atoms with van der Waals surface area (Å²) in [6, 6.07) is 12.2. The number of nitrogens with zero attached hydrogens (tertiary/aromatic N) is 3. The van der Waals surface area contributed by atoms with Gasteiger partial charge in [0.25, 0.3) is 10.9 Å². The Morgan fingerprint density at radius 3 is 2.72 bits per heavy atom. The highest BCUT2D eigenvalue weighted by molar-refractivity contribution is 7.99. The lowest BCUT2D eigenvalue weighted by atomic mass is 10.2. The summed E-state index contributed by atoms with van der Waals surface area (Å²) in [5.41, 5.74) is 0.838. The largest absolute Gasteiger partial charge is 0.449 e. The lowest BCUT2D eigenvalue weighted by Crippen LogP contribution is -2.05. The predicted molar refractivity (Wildman–Crippen MR) is 107 cm³/mol. The third kappa shape index (κ3) is 5.81. The number of rotatable bonds is 6. The number of halogens is 1. The number of nitro groups is 1. The summed E-state index contributed by atoms with van der Waals surface area (Å²) in [7, 11) is 0. The van der Waals surface area contributed by atoms with Gasteiger partial charge in [-0.15, -0.1) is 10.2 Å². The molecule has 0 unspecified atom stereocenters. The zero-order valence-electron chi connectivity index (χ0n) is 14.7. The van der Waals surface area contributed by atoms with E-state index in [-0.39, 0.29) is 17.9 Å². The van der Waals surface area contributed by atoms with Crippen LogP contribution in [-0.4, -0.2) is 33.4 Å². The summed E-state index contributed by atoms with van der Waals surface area (Å²) < 4.78 is 10.5. The molecule has 0 spiro atoms. The molecule has 0 aliphatic heterocycles. The fourth-order valence-corrected chi connectivity index (χ4v) is 2.83. The van der Waals surface area contributed by atoms with E-state index >= 15 is 0 Å². The number of aromatic nitrogens is 2. The molecule has 146 valence electrons. The average molecular weight is 430 g/mol. The molecule has 0 saturated heterocycles. The lowest BCUT2D eigenvalue weighted by Gasteiger charge is -2.00. The van der Waals surface area contributed by atoms with Gasteiger partial charge in [-0.05, 0) is 30.3 Å². The minimum absolute atomic E-state index is 0.0992. The Labute approximate surface area is 174 Å². The first-order chi connectivity index (χ1) is 14.0. The molecule has 1 heterocycles. The number of non-ortho nitro benzene ring substituents is 1. The first-order valence-corrected chi connectivity index (χ1v) is 9.49. The zero-order valence-corrected chi connectivity index (χ0v) is 16.3. The monoisotopic (exact) mass is 429 g/mol. The van der Waals surface area contributed by atoms with Crippen molar-refractivity contribution >= 4 is 35.0 Å². The number of thioether (sulfide) groups is 1. The summed E-state index contributed by atoms with van der Waals surface area (Å²) in [6.45, 7) is -0.103. The van der Waals surface area contributed by atoms with Gasteiger partial charge in [0.15, 0.2) is 6.61 Å². The maximum Gasteiger partial charge on any atom is 0.339 e. The summed E-state index contributed by atoms with van der Waals surface area (Å²) in [5, 5.41) is 19.4. The Morgan fingerprint density at radius 2 is 2.00 bits per heavy atom. The van der Waals surface area contributed by atoms with Gasteiger partial charge in [-0.2, -0.15) is 0 Å². The van der Waals surface area contributed by atoms with Crippen LogP contribution in [0.15, 0.2) is 58.2 Å². The van der Waals surface area contributed by atoms with E-state index in [0.717, 1.165) is 5.56 Å². The Bertz CT molecular complexity index is 1090. The highest BCUT2D eigenvalue weighted by Crippen LogP contribution is 2.24. The second kappa shape index (κ2) is 9.73. The van der Waals surface area contributed by atoms with Crippen LogP contribution in [0, 0.1) is 22.0 Å². The van der Waals surface area contributed by atoms with Crippen molar-refractivity contribution in [2.45, 2.75) is 5.22 Å². The van der Waals surface area contributed by atoms with Gasteiger partial charge >= 0.3 is 5.97 Å². The fourth-order valence-electron chi connectivity index (χ4n) is 2.11. The van der Waals surface area contributed by atoms with Crippen molar-refractivity contribution in [3.8, 4) is 23.3 Å². The topological polar surface area (TPSA) is 108 Å². The molecule has 2 aromatic carbocycles. The molecular weight excluding hydrogens is 418 g/mol. The maximum absolute atomic E-state index is 11.8. The molecule has 0 bridgehead atoms. The Kier molecular flexibility index (Phi) is 6.84. The molecule has 29 heavy (non-hydrogen) atoms. The highest BCUT2D eigenvalue weighted by atomic mass is 35.5. The van der Waals surface area contributed by atoms with Crippen molar-refractivity contribution < 1.29 is 18.9 Å². The second-order valence-corrected chi connectivity index (χ2v) is 6.77. The summed E-state index contributed by atoms with van der Waals surface area (Å²) in [4.78, 5) is 21.9. The number of benzene rings is 2. The number of hydrogen-bond donors (Lipinski definition) is 0. The van der Waals surface area contributed by atoms with Crippen LogP contribution in [0.4, 0.5) is 5.69 Å². The normalized spacial score (nSPS) is 10.1. The minimum Gasteiger partial charge on any atom is -0.449 e. The lowest BCUT2D eigenvalue weighted by molar-refractivity contribution is -0.384. The van der Waals surface area contributed by atoms with Crippen LogP contribution in [0.5, 0.6) is 0 Å². The van der Waals surface area contributed by atoms with Gasteiger partial charge in [-0.3, -0.25) is 10.1 Å². The quantitative estimate of drug-likeness (QED) is 0.188. The van der Waals surface area contributed by atoms with E-state index < -0.39 is 10.9 Å². The molecular formula is C19H12ClN3O5S. The van der Waals surface area contributed by atoms with E-state index in [1.54, 1.807) is 18.2 Å². The third-order valence-corrected chi connectivity index (χ3v) is 4.40. The van der Waals surface area contributed by atoms with Crippen molar-refractivity contribution in [1.82, 2.24) is 10.2 Å². The Balaban J connectivity index is 1.44. The first-order valence-electron chi connectivity index (χ1n) is 8.12. The molecule has 0 fully saturated rings. The molecule has 10 heteroatoms. The average Bonchev–Trinajstić information content (AvgIpc) is 3.19. The summed E-state index contributed by atoms with van der Waals surface area (Å²) in [5.74, 6) is 5.64. The third-order valence-electron chi connectivity index (χ3n) is 3.46. The van der Waals surface area contributed by atoms with Crippen LogP contribution < -0.4 is 0 Å². The van der Waals surface area contributed by atoms with Crippen LogP contribution in [0.2, 0.25) is 5.02 Å². The SMILES string of the molecule is O=C(OCC#CCSc1nnc(-c2cccc(Cl)c2)o1)c1ccc([N+](=O)[O-])cc1. The number of carbonyl (C=O) groups is 1. The predicted octanol–water partition coefficient (Wildman–Crippen LogP) is 4.25. The van der Waals surface area contributed by atoms with Crippen LogP contribution in [-0.2, 0) is 4.74 Å². The van der Waals surface area contributed by atoms with Gasteiger partial charge < -0.3 is 9.15 Å². The van der Waals surface area contributed by atoms with Crippen molar-refractivity contribution in [2.75, 3.05) is 12.4 Å². The molecule has 8 nitrogen and oxygen atoms in total. The van der Waals surface area contributed by atoms with E-state index in [1.807, 2.05) is 6.07 Å². The van der Waals surface area contributed by atoms with Gasteiger partial charge in [-0.1, -0.05) is 41.3 Å². The maximum atomic E-state index is 11.8. The van der Waals surface area contributed by atoms with Crippen LogP contribution in [0.1, 0.15) is 10.4 Å². The van der Waals surface area contributed by atoms with Gasteiger partial charge in [0.1, 0.15) is 0 Å². The van der Waals surface area contributed by atoms with Crippen LogP contribution in [0.3, 0.4) is 0 Å². The van der Waals surface area contributed by atoms with Crippen molar-refractivity contribution in [3.63, 3.8) is 0 Å². The van der Waals surface area contributed by atoms with E-state index in [0.29, 0.717) is 21.9 Å². The van der Waals surface area contributed by atoms with E-state index in [4.69, 9.17) is 20.8 Å². The van der Waals surface area contributed by atoms with E-state index in [1.165, 1.54) is 36.0 Å². The van der Waals surface area contributed by atoms with Gasteiger partial charge in [0, 0.05) is 22.7 Å². The van der Waals surface area contributed by atoms with Crippen molar-refractivity contribution in [1.29, 1.82) is 0 Å². The number of hydrogen-bond acceptors (Lipinski definition) is 8. The van der Waals surface area contributed by atoms with Gasteiger partial charge in [0.2, 0.25) is 5.89 Å². The second-order valence-electron chi connectivity index (χ2n) is 5.41. The molecule has 0 atom stereocenters. The molecule has 0 aliphatic rings. The zero-order chi connectivity index (χ0) is 20.6. The van der Waals surface area contributed by atoms with Crippen LogP contribution >= 0.6 is 23.4 Å². The van der Waals surface area contributed by atoms with Gasteiger partial charge in [-0.25, -0.2) is 4.79 Å². The summed E-state index contributed by atoms with van der Waals surface area (Å²) >= 11 is 7.19. The Morgan fingerprint density at radius 1 is 1.21 bits per heavy atom. The number of esters is 1. The Hall–Kier alpha value is -3.35. The number of nitro benzene ring substituents is 1. The van der Waals surface area contributed by atoms with Crippen LogP contribution in [0.25, 0.3) is 11.5 Å². The molecule has 0 saturated carbocycles. The van der Waals surface area contributed by atoms with E-state index in [9.17, 15) is 14.9 Å². The smallest absolute Gasteiger partial charge is 0.339 e. The minimum atomic E-state index is -0.607. The number of carbonyl (C=O) groups excluding carboxylic acids is 1. The van der Waals surface area contributed by atoms with Crippen molar-refractivity contribution in [3.05, 3.63) is 69.2 Å². The standard InChI is InChI=1S/C19H12ClN3O5S/c20-15-5-3-4-14(12-15)17-21-22-19(28-17)29-11-2-1-10-27-18(24)13-6-8-16(9-7-13)23(25)26/h3-9,12H,10-11H2. The molecule has 0 amide bonds. The van der Waals surface area contributed by atoms with E-state index in [2.05, 4.69) is 22.0 Å². The molecule has 3 aromatic rings. The number of ether oxygens (including phenoxy) is 1. The molecule has 0 radical (unpaired) electrons. The fraction of sp³-hybridized carbons (Fsp3) is 0.105.